The van der Waals surface area contributed by atoms with E-state index in [9.17, 15) is 18.0 Å². The Bertz CT molecular complexity index is 1280. The normalized spacial score (nSPS) is 26.6. The van der Waals surface area contributed by atoms with E-state index in [1.165, 1.54) is 5.57 Å². The van der Waals surface area contributed by atoms with Crippen molar-refractivity contribution < 1.29 is 18.0 Å². The van der Waals surface area contributed by atoms with Crippen LogP contribution in [0.5, 0.6) is 0 Å². The summed E-state index contributed by atoms with van der Waals surface area (Å²) in [7, 11) is -0.198. The van der Waals surface area contributed by atoms with E-state index in [-0.39, 0.29) is 34.6 Å². The molecule has 7 nitrogen and oxygen atoms in total. The molecule has 0 aliphatic heterocycles. The third-order valence-electron chi connectivity index (χ3n) is 7.73. The Balaban J connectivity index is 1.72. The fourth-order valence-electron chi connectivity index (χ4n) is 6.05. The van der Waals surface area contributed by atoms with Gasteiger partial charge < -0.3 is 4.90 Å². The number of benzene rings is 1. The van der Waals surface area contributed by atoms with Crippen molar-refractivity contribution in [3.8, 4) is 11.3 Å². The van der Waals surface area contributed by atoms with Crippen LogP contribution in [0.4, 0.5) is 0 Å². The Hall–Kier alpha value is -2.58. The van der Waals surface area contributed by atoms with Gasteiger partial charge in [-0.15, -0.1) is 0 Å². The van der Waals surface area contributed by atoms with Crippen LogP contribution in [0.25, 0.3) is 11.3 Å². The SMILES string of the molecule is CC1CCCC2C1=CCC1c3c(c(-c4ccccc4)nn3S(=O)(=O)CCN(C)C)C(=O)C(=O)C21. The first kappa shape index (κ1) is 23.2. The second-order valence-corrected chi connectivity index (χ2v) is 12.1. The van der Waals surface area contributed by atoms with Crippen molar-refractivity contribution in [3.05, 3.63) is 53.2 Å². The molecule has 8 heteroatoms. The van der Waals surface area contributed by atoms with E-state index in [0.29, 0.717) is 30.1 Å². The van der Waals surface area contributed by atoms with Crippen molar-refractivity contribution >= 4 is 21.6 Å². The van der Waals surface area contributed by atoms with Crippen molar-refractivity contribution in [2.24, 2.45) is 17.8 Å². The summed E-state index contributed by atoms with van der Waals surface area (Å²) in [6.07, 6.45) is 5.71. The third-order valence-corrected chi connectivity index (χ3v) is 9.23. The lowest BCUT2D eigenvalue weighted by Crippen LogP contribution is -2.44. The molecule has 2 aromatic rings. The lowest BCUT2D eigenvalue weighted by molar-refractivity contribution is -0.121. The highest BCUT2D eigenvalue weighted by atomic mass is 32.2. The van der Waals surface area contributed by atoms with Gasteiger partial charge in [0.25, 0.3) is 10.0 Å². The lowest BCUT2D eigenvalue weighted by Gasteiger charge is -2.44. The zero-order chi connectivity index (χ0) is 24.2. The summed E-state index contributed by atoms with van der Waals surface area (Å²) in [5.74, 6) is -1.58. The maximum absolute atomic E-state index is 13.6. The number of ketones is 2. The molecule has 3 aliphatic carbocycles. The second kappa shape index (κ2) is 8.57. The molecule has 0 N–H and O–H groups in total. The molecule has 0 amide bonds. The van der Waals surface area contributed by atoms with Gasteiger partial charge in [-0.3, -0.25) is 9.59 Å². The first-order chi connectivity index (χ1) is 16.2. The molecule has 1 aromatic carbocycles. The summed E-state index contributed by atoms with van der Waals surface area (Å²) in [6.45, 7) is 2.52. The number of carbonyl (C=O) groups is 2. The number of hydrogen-bond acceptors (Lipinski definition) is 6. The molecule has 1 aromatic heterocycles. The molecule has 1 fully saturated rings. The van der Waals surface area contributed by atoms with E-state index >= 15 is 0 Å². The first-order valence-corrected chi connectivity index (χ1v) is 13.7. The van der Waals surface area contributed by atoms with Crippen LogP contribution in [-0.4, -0.2) is 60.5 Å². The Morgan fingerprint density at radius 3 is 2.53 bits per heavy atom. The molecule has 0 saturated heterocycles. The molecule has 4 unspecified atom stereocenters. The third kappa shape index (κ3) is 3.67. The maximum Gasteiger partial charge on any atom is 0.255 e. The van der Waals surface area contributed by atoms with Crippen LogP contribution >= 0.6 is 0 Å². The lowest BCUT2D eigenvalue weighted by atomic mass is 9.59. The minimum atomic E-state index is -3.84. The number of nitrogens with zero attached hydrogens (tertiary/aromatic N) is 3. The largest absolute Gasteiger partial charge is 0.308 e. The number of rotatable bonds is 5. The summed E-state index contributed by atoms with van der Waals surface area (Å²) in [6, 6.07) is 9.08. The molecule has 0 spiro atoms. The summed E-state index contributed by atoms with van der Waals surface area (Å²) in [5.41, 5.74) is 2.76. The van der Waals surface area contributed by atoms with Crippen molar-refractivity contribution in [2.75, 3.05) is 26.4 Å². The van der Waals surface area contributed by atoms with Crippen molar-refractivity contribution in [2.45, 2.75) is 38.5 Å². The topological polar surface area (TPSA) is 89.3 Å². The van der Waals surface area contributed by atoms with Crippen molar-refractivity contribution in [3.63, 3.8) is 0 Å². The Morgan fingerprint density at radius 1 is 1.09 bits per heavy atom. The molecule has 4 atom stereocenters. The Labute approximate surface area is 200 Å². The number of Topliss-reactive ketones (excluding diaryl/α,β-unsaturated/α-hetero) is 2. The van der Waals surface area contributed by atoms with Crippen LogP contribution in [0.2, 0.25) is 0 Å². The average Bonchev–Trinajstić information content (AvgIpc) is 3.23. The predicted molar refractivity (Wildman–Crippen MR) is 130 cm³/mol. The summed E-state index contributed by atoms with van der Waals surface area (Å²) in [4.78, 5) is 29.0. The average molecular weight is 482 g/mol. The van der Waals surface area contributed by atoms with Gasteiger partial charge in [0, 0.05) is 23.9 Å². The fourth-order valence-corrected chi connectivity index (χ4v) is 7.55. The van der Waals surface area contributed by atoms with Crippen LogP contribution < -0.4 is 0 Å². The van der Waals surface area contributed by atoms with E-state index in [2.05, 4.69) is 18.1 Å². The highest BCUT2D eigenvalue weighted by Gasteiger charge is 2.52. The molecule has 0 radical (unpaired) electrons. The van der Waals surface area contributed by atoms with E-state index in [0.717, 1.165) is 23.3 Å². The van der Waals surface area contributed by atoms with Gasteiger partial charge in [0.15, 0.2) is 0 Å². The summed E-state index contributed by atoms with van der Waals surface area (Å²) < 4.78 is 28.1. The number of aromatic nitrogens is 2. The molecule has 3 aliphatic rings. The minimum Gasteiger partial charge on any atom is -0.308 e. The summed E-state index contributed by atoms with van der Waals surface area (Å²) in [5, 5.41) is 4.52. The van der Waals surface area contributed by atoms with Gasteiger partial charge in [-0.25, -0.2) is 8.42 Å². The zero-order valence-electron chi connectivity index (χ0n) is 19.9. The monoisotopic (exact) mass is 481 g/mol. The molecule has 1 saturated carbocycles. The second-order valence-electron chi connectivity index (χ2n) is 10.1. The van der Waals surface area contributed by atoms with Crippen LogP contribution in [0.3, 0.4) is 0 Å². The fraction of sp³-hybridized carbons (Fsp3) is 0.500. The van der Waals surface area contributed by atoms with Gasteiger partial charge in [-0.2, -0.15) is 9.19 Å². The quantitative estimate of drug-likeness (QED) is 0.480. The van der Waals surface area contributed by atoms with Gasteiger partial charge >= 0.3 is 0 Å². The number of carbonyl (C=O) groups excluding carboxylic acids is 2. The van der Waals surface area contributed by atoms with E-state index in [4.69, 9.17) is 0 Å². The number of allylic oxidation sites excluding steroid dienone is 2. The molecule has 180 valence electrons. The van der Waals surface area contributed by atoms with Crippen LogP contribution in [0.15, 0.2) is 42.0 Å². The molecule has 0 bridgehead atoms. The highest BCUT2D eigenvalue weighted by molar-refractivity contribution is 7.89. The minimum absolute atomic E-state index is 0.0000968. The van der Waals surface area contributed by atoms with Crippen LogP contribution in [-0.2, 0) is 14.8 Å². The predicted octanol–water partition coefficient (Wildman–Crippen LogP) is 3.52. The van der Waals surface area contributed by atoms with Gasteiger partial charge in [-0.05, 0) is 45.2 Å². The smallest absolute Gasteiger partial charge is 0.255 e. The van der Waals surface area contributed by atoms with E-state index in [1.807, 2.05) is 37.2 Å². The van der Waals surface area contributed by atoms with Gasteiger partial charge in [-0.1, -0.05) is 55.3 Å². The Kier molecular flexibility index (Phi) is 5.84. The van der Waals surface area contributed by atoms with E-state index < -0.39 is 21.7 Å². The molecular weight excluding hydrogens is 450 g/mol. The molecular formula is C26H31N3O4S. The number of hydrogen-bond donors (Lipinski definition) is 0. The number of fused-ring (bicyclic) bond motifs is 5. The van der Waals surface area contributed by atoms with Gasteiger partial charge in [0.05, 0.1) is 17.0 Å². The van der Waals surface area contributed by atoms with Crippen molar-refractivity contribution in [1.82, 2.24) is 14.1 Å². The van der Waals surface area contributed by atoms with Crippen LogP contribution in [0.1, 0.15) is 54.6 Å². The first-order valence-electron chi connectivity index (χ1n) is 12.1. The molecule has 1 heterocycles. The molecule has 34 heavy (non-hydrogen) atoms. The maximum atomic E-state index is 13.6. The Morgan fingerprint density at radius 2 is 1.82 bits per heavy atom. The zero-order valence-corrected chi connectivity index (χ0v) is 20.7. The standard InChI is InChI=1S/C26H31N3O4S/c1-16-8-7-11-19-18(16)12-13-20-21(19)25(30)26(31)22-23(17-9-5-4-6-10-17)27-29(24(20)22)34(32,33)15-14-28(2)3/h4-6,9-10,12,16,19-21H,7-8,11,13-15H2,1-3H3. The van der Waals surface area contributed by atoms with Crippen LogP contribution in [0, 0.1) is 17.8 Å². The molecule has 5 rings (SSSR count). The summed E-state index contributed by atoms with van der Waals surface area (Å²) >= 11 is 0. The highest BCUT2D eigenvalue weighted by Crippen LogP contribution is 2.53. The van der Waals surface area contributed by atoms with Gasteiger partial charge in [0.2, 0.25) is 11.6 Å². The van der Waals surface area contributed by atoms with Crippen molar-refractivity contribution in [1.29, 1.82) is 0 Å². The van der Waals surface area contributed by atoms with E-state index in [1.54, 1.807) is 12.1 Å². The van der Waals surface area contributed by atoms with Gasteiger partial charge in [0.1, 0.15) is 5.69 Å².